The molecule has 1 aromatic rings. The minimum Gasteiger partial charge on any atom is -0.481 e. The Bertz CT molecular complexity index is 483. The van der Waals surface area contributed by atoms with Gasteiger partial charge < -0.3 is 5.11 Å². The molecular weight excluding hydrogens is 246 g/mol. The number of amides is 1. The first-order valence-electron chi connectivity index (χ1n) is 6.13. The van der Waals surface area contributed by atoms with E-state index in [9.17, 15) is 9.59 Å². The van der Waals surface area contributed by atoms with E-state index in [-0.39, 0.29) is 12.5 Å². The number of carboxylic acids is 1. The van der Waals surface area contributed by atoms with Gasteiger partial charge in [0.1, 0.15) is 0 Å². The average Bonchev–Trinajstić information content (AvgIpc) is 2.94. The highest BCUT2D eigenvalue weighted by Crippen LogP contribution is 2.58. The Morgan fingerprint density at radius 1 is 1.26 bits per heavy atom. The molecule has 0 heterocycles. The van der Waals surface area contributed by atoms with Crippen LogP contribution in [0.15, 0.2) is 30.3 Å². The Labute approximate surface area is 111 Å². The van der Waals surface area contributed by atoms with Gasteiger partial charge in [0.15, 0.2) is 0 Å². The van der Waals surface area contributed by atoms with E-state index in [1.54, 1.807) is 13.8 Å². The number of nitrogens with one attached hydrogen (secondary N) is 1. The van der Waals surface area contributed by atoms with Crippen LogP contribution in [0.5, 0.6) is 0 Å². The van der Waals surface area contributed by atoms with E-state index in [4.69, 9.17) is 9.94 Å². The molecular formula is C14H17NO4. The van der Waals surface area contributed by atoms with Gasteiger partial charge in [0.05, 0.1) is 18.4 Å². The summed E-state index contributed by atoms with van der Waals surface area (Å²) in [5.74, 6) is -2.46. The Morgan fingerprint density at radius 3 is 2.42 bits per heavy atom. The van der Waals surface area contributed by atoms with Gasteiger partial charge in [-0.1, -0.05) is 44.2 Å². The number of carbonyl (C=O) groups excluding carboxylic acids is 1. The number of hydroxylamine groups is 1. The first-order valence-corrected chi connectivity index (χ1v) is 6.13. The van der Waals surface area contributed by atoms with Crippen molar-refractivity contribution in [2.45, 2.75) is 20.5 Å². The second-order valence-corrected chi connectivity index (χ2v) is 5.36. The maximum Gasteiger partial charge on any atom is 0.307 e. The maximum absolute atomic E-state index is 11.8. The zero-order chi connectivity index (χ0) is 14.0. The summed E-state index contributed by atoms with van der Waals surface area (Å²) in [6, 6.07) is 9.42. The van der Waals surface area contributed by atoms with Crippen LogP contribution in [0.1, 0.15) is 19.4 Å². The molecule has 1 aromatic carbocycles. The maximum atomic E-state index is 11.8. The fraction of sp³-hybridized carbons (Fsp3) is 0.429. The first-order chi connectivity index (χ1) is 8.94. The zero-order valence-corrected chi connectivity index (χ0v) is 10.9. The Morgan fingerprint density at radius 2 is 1.89 bits per heavy atom. The normalized spacial score (nSPS) is 23.7. The van der Waals surface area contributed by atoms with Crippen LogP contribution in [-0.2, 0) is 21.0 Å². The van der Waals surface area contributed by atoms with Crippen molar-refractivity contribution in [3.05, 3.63) is 35.9 Å². The lowest BCUT2D eigenvalue weighted by Gasteiger charge is -2.06. The van der Waals surface area contributed by atoms with Crippen LogP contribution in [0.4, 0.5) is 0 Å². The zero-order valence-electron chi connectivity index (χ0n) is 10.9. The third-order valence-corrected chi connectivity index (χ3v) is 3.63. The summed E-state index contributed by atoms with van der Waals surface area (Å²) in [5, 5.41) is 8.99. The van der Waals surface area contributed by atoms with Crippen molar-refractivity contribution in [1.29, 1.82) is 0 Å². The van der Waals surface area contributed by atoms with Gasteiger partial charge in [-0.3, -0.25) is 14.4 Å². The Hall–Kier alpha value is -1.88. The summed E-state index contributed by atoms with van der Waals surface area (Å²) in [6.45, 7) is 3.80. The van der Waals surface area contributed by atoms with Crippen molar-refractivity contribution < 1.29 is 19.5 Å². The van der Waals surface area contributed by atoms with E-state index in [2.05, 4.69) is 5.48 Å². The number of benzene rings is 1. The molecule has 1 saturated carbocycles. The van der Waals surface area contributed by atoms with Crippen LogP contribution in [0, 0.1) is 17.3 Å². The lowest BCUT2D eigenvalue weighted by Crippen LogP contribution is -2.27. The Kier molecular flexibility index (Phi) is 3.57. The molecule has 2 N–H and O–H groups in total. The fourth-order valence-electron chi connectivity index (χ4n) is 2.42. The molecule has 5 nitrogen and oxygen atoms in total. The highest BCUT2D eigenvalue weighted by atomic mass is 16.6. The summed E-state index contributed by atoms with van der Waals surface area (Å²) in [4.78, 5) is 27.9. The minimum atomic E-state index is -0.937. The fourth-order valence-corrected chi connectivity index (χ4v) is 2.42. The second kappa shape index (κ2) is 5.01. The van der Waals surface area contributed by atoms with Crippen LogP contribution in [0.3, 0.4) is 0 Å². The van der Waals surface area contributed by atoms with Crippen molar-refractivity contribution in [3.63, 3.8) is 0 Å². The molecule has 0 radical (unpaired) electrons. The molecule has 1 fully saturated rings. The lowest BCUT2D eigenvalue weighted by atomic mass is 10.1. The van der Waals surface area contributed by atoms with Gasteiger partial charge in [-0.05, 0) is 11.0 Å². The first kappa shape index (κ1) is 13.5. The molecule has 0 aromatic heterocycles. The van der Waals surface area contributed by atoms with Gasteiger partial charge >= 0.3 is 5.97 Å². The van der Waals surface area contributed by atoms with Crippen molar-refractivity contribution in [1.82, 2.24) is 5.48 Å². The second-order valence-electron chi connectivity index (χ2n) is 5.36. The number of hydrogen-bond donors (Lipinski definition) is 2. The van der Waals surface area contributed by atoms with Crippen LogP contribution in [0.25, 0.3) is 0 Å². The molecule has 2 atom stereocenters. The quantitative estimate of drug-likeness (QED) is 0.791. The van der Waals surface area contributed by atoms with Gasteiger partial charge in [0.25, 0.3) is 0 Å². The SMILES string of the molecule is CC1(C)[C@H](C(=O)O)[C@@H]1C(=O)NOCc1ccccc1. The van der Waals surface area contributed by atoms with E-state index in [1.807, 2.05) is 30.3 Å². The summed E-state index contributed by atoms with van der Waals surface area (Å²) < 4.78 is 0. The van der Waals surface area contributed by atoms with Crippen LogP contribution in [0.2, 0.25) is 0 Å². The molecule has 102 valence electrons. The lowest BCUT2D eigenvalue weighted by molar-refractivity contribution is -0.143. The number of hydrogen-bond acceptors (Lipinski definition) is 3. The largest absolute Gasteiger partial charge is 0.481 e. The summed E-state index contributed by atoms with van der Waals surface area (Å²) in [7, 11) is 0. The number of carboxylic acid groups (broad SMARTS) is 1. The number of carbonyl (C=O) groups is 2. The van der Waals surface area contributed by atoms with Gasteiger partial charge in [-0.25, -0.2) is 5.48 Å². The molecule has 0 unspecified atom stereocenters. The molecule has 1 aliphatic rings. The van der Waals surface area contributed by atoms with E-state index in [0.717, 1.165) is 5.56 Å². The van der Waals surface area contributed by atoms with Crippen molar-refractivity contribution in [2.75, 3.05) is 0 Å². The third-order valence-electron chi connectivity index (χ3n) is 3.63. The van der Waals surface area contributed by atoms with Crippen LogP contribution < -0.4 is 5.48 Å². The third kappa shape index (κ3) is 2.76. The molecule has 5 heteroatoms. The van der Waals surface area contributed by atoms with Crippen molar-refractivity contribution in [2.24, 2.45) is 17.3 Å². The standard InChI is InChI=1S/C14H17NO4/c1-14(2)10(11(14)13(17)18)12(16)15-19-8-9-6-4-3-5-7-9/h3-7,10-11H,8H2,1-2H3,(H,15,16)(H,17,18)/t10-,11+/m1/s1. The summed E-state index contributed by atoms with van der Waals surface area (Å²) >= 11 is 0. The monoisotopic (exact) mass is 263 g/mol. The van der Waals surface area contributed by atoms with Gasteiger partial charge in [-0.2, -0.15) is 0 Å². The molecule has 19 heavy (non-hydrogen) atoms. The van der Waals surface area contributed by atoms with E-state index in [1.165, 1.54) is 0 Å². The summed E-state index contributed by atoms with van der Waals surface area (Å²) in [6.07, 6.45) is 0. The predicted molar refractivity (Wildman–Crippen MR) is 67.8 cm³/mol. The summed E-state index contributed by atoms with van der Waals surface area (Å²) in [5.41, 5.74) is 2.76. The van der Waals surface area contributed by atoms with Gasteiger partial charge in [0, 0.05) is 0 Å². The van der Waals surface area contributed by atoms with E-state index in [0.29, 0.717) is 0 Å². The van der Waals surface area contributed by atoms with Crippen LogP contribution >= 0.6 is 0 Å². The highest BCUT2D eigenvalue weighted by Gasteiger charge is 2.66. The number of aliphatic carboxylic acids is 1. The molecule has 0 aliphatic heterocycles. The van der Waals surface area contributed by atoms with Crippen molar-refractivity contribution >= 4 is 11.9 Å². The highest BCUT2D eigenvalue weighted by molar-refractivity contribution is 5.91. The van der Waals surface area contributed by atoms with Gasteiger partial charge in [0.2, 0.25) is 5.91 Å². The van der Waals surface area contributed by atoms with E-state index >= 15 is 0 Å². The average molecular weight is 263 g/mol. The van der Waals surface area contributed by atoms with Crippen LogP contribution in [-0.4, -0.2) is 17.0 Å². The molecule has 0 bridgehead atoms. The molecule has 0 spiro atoms. The van der Waals surface area contributed by atoms with Crippen molar-refractivity contribution in [3.8, 4) is 0 Å². The molecule has 0 saturated heterocycles. The topological polar surface area (TPSA) is 75.6 Å². The van der Waals surface area contributed by atoms with E-state index < -0.39 is 23.2 Å². The Balaban J connectivity index is 1.82. The minimum absolute atomic E-state index is 0.261. The smallest absolute Gasteiger partial charge is 0.307 e. The number of rotatable bonds is 5. The predicted octanol–water partition coefficient (Wildman–Crippen LogP) is 1.59. The molecule has 1 aliphatic carbocycles. The molecule has 1 amide bonds. The van der Waals surface area contributed by atoms with Gasteiger partial charge in [-0.15, -0.1) is 0 Å². The molecule has 2 rings (SSSR count).